The molecule has 0 bridgehead atoms. The predicted molar refractivity (Wildman–Crippen MR) is 83.0 cm³/mol. The molecule has 3 aromatic rings. The molecule has 1 heterocycles. The number of halogens is 1. The Balaban J connectivity index is 1.54. The molecule has 1 amide bonds. The summed E-state index contributed by atoms with van der Waals surface area (Å²) < 4.78 is 12.8. The second kappa shape index (κ2) is 6.78. The molecule has 2 aromatic carbocycles. The molecule has 0 saturated heterocycles. The SMILES string of the molecule is O=C(CCc1ccc(F)cc1)Nc1ccc(-c2nn[nH]n2)cc1. The van der Waals surface area contributed by atoms with E-state index in [4.69, 9.17) is 0 Å². The first-order valence-electron chi connectivity index (χ1n) is 7.09. The van der Waals surface area contributed by atoms with E-state index < -0.39 is 0 Å². The molecule has 0 spiro atoms. The van der Waals surface area contributed by atoms with Crippen LogP contribution in [-0.2, 0) is 11.2 Å². The van der Waals surface area contributed by atoms with Crippen molar-refractivity contribution in [3.63, 3.8) is 0 Å². The molecular weight excluding hydrogens is 297 g/mol. The molecular formula is C16H14FN5O. The summed E-state index contributed by atoms with van der Waals surface area (Å²) in [6, 6.07) is 13.3. The number of aromatic amines is 1. The number of amides is 1. The predicted octanol–water partition coefficient (Wildman–Crippen LogP) is 2.58. The number of hydrogen-bond donors (Lipinski definition) is 2. The molecule has 0 radical (unpaired) electrons. The van der Waals surface area contributed by atoms with E-state index in [1.165, 1.54) is 12.1 Å². The molecule has 23 heavy (non-hydrogen) atoms. The van der Waals surface area contributed by atoms with Crippen molar-refractivity contribution in [1.82, 2.24) is 20.6 Å². The van der Waals surface area contributed by atoms with Crippen LogP contribution in [0.2, 0.25) is 0 Å². The summed E-state index contributed by atoms with van der Waals surface area (Å²) in [5.74, 6) is 0.126. The van der Waals surface area contributed by atoms with Gasteiger partial charge >= 0.3 is 0 Å². The first kappa shape index (κ1) is 14.8. The lowest BCUT2D eigenvalue weighted by Gasteiger charge is -2.06. The van der Waals surface area contributed by atoms with Gasteiger partial charge in [-0.3, -0.25) is 4.79 Å². The fraction of sp³-hybridized carbons (Fsp3) is 0.125. The quantitative estimate of drug-likeness (QED) is 0.758. The van der Waals surface area contributed by atoms with Gasteiger partial charge in [-0.25, -0.2) is 4.39 Å². The first-order valence-corrected chi connectivity index (χ1v) is 7.09. The van der Waals surface area contributed by atoms with E-state index in [1.807, 2.05) is 0 Å². The number of H-pyrrole nitrogens is 1. The highest BCUT2D eigenvalue weighted by Crippen LogP contribution is 2.17. The number of nitrogens with zero attached hydrogens (tertiary/aromatic N) is 3. The Morgan fingerprint density at radius 3 is 2.48 bits per heavy atom. The van der Waals surface area contributed by atoms with Crippen molar-refractivity contribution in [3.05, 3.63) is 59.9 Å². The summed E-state index contributed by atoms with van der Waals surface area (Å²) in [5.41, 5.74) is 2.43. The van der Waals surface area contributed by atoms with E-state index in [9.17, 15) is 9.18 Å². The highest BCUT2D eigenvalue weighted by atomic mass is 19.1. The molecule has 7 heteroatoms. The van der Waals surface area contributed by atoms with Gasteiger partial charge in [0.2, 0.25) is 11.7 Å². The maximum absolute atomic E-state index is 12.8. The monoisotopic (exact) mass is 311 g/mol. The van der Waals surface area contributed by atoms with Crippen molar-refractivity contribution in [1.29, 1.82) is 0 Å². The van der Waals surface area contributed by atoms with Crippen LogP contribution >= 0.6 is 0 Å². The van der Waals surface area contributed by atoms with Crippen LogP contribution in [0.15, 0.2) is 48.5 Å². The second-order valence-corrected chi connectivity index (χ2v) is 4.99. The highest BCUT2D eigenvalue weighted by Gasteiger charge is 2.06. The van der Waals surface area contributed by atoms with E-state index in [2.05, 4.69) is 25.9 Å². The van der Waals surface area contributed by atoms with E-state index in [0.717, 1.165) is 11.1 Å². The van der Waals surface area contributed by atoms with Crippen molar-refractivity contribution in [2.75, 3.05) is 5.32 Å². The Labute approximate surface area is 131 Å². The summed E-state index contributed by atoms with van der Waals surface area (Å²) >= 11 is 0. The van der Waals surface area contributed by atoms with Crippen LogP contribution in [0.4, 0.5) is 10.1 Å². The molecule has 2 N–H and O–H groups in total. The molecule has 0 aliphatic carbocycles. The van der Waals surface area contributed by atoms with Crippen molar-refractivity contribution in [2.45, 2.75) is 12.8 Å². The van der Waals surface area contributed by atoms with E-state index in [0.29, 0.717) is 24.4 Å². The summed E-state index contributed by atoms with van der Waals surface area (Å²) in [6.07, 6.45) is 0.894. The van der Waals surface area contributed by atoms with Gasteiger partial charge in [-0.2, -0.15) is 5.21 Å². The van der Waals surface area contributed by atoms with Gasteiger partial charge in [-0.1, -0.05) is 12.1 Å². The lowest BCUT2D eigenvalue weighted by atomic mass is 10.1. The van der Waals surface area contributed by atoms with Gasteiger partial charge in [0.1, 0.15) is 5.82 Å². The third-order valence-electron chi connectivity index (χ3n) is 3.33. The number of nitrogens with one attached hydrogen (secondary N) is 2. The smallest absolute Gasteiger partial charge is 0.224 e. The van der Waals surface area contributed by atoms with Crippen LogP contribution in [0.1, 0.15) is 12.0 Å². The van der Waals surface area contributed by atoms with Gasteiger partial charge in [-0.05, 0) is 53.6 Å². The zero-order chi connectivity index (χ0) is 16.1. The largest absolute Gasteiger partial charge is 0.326 e. The Morgan fingerprint density at radius 2 is 1.83 bits per heavy atom. The van der Waals surface area contributed by atoms with Gasteiger partial charge in [0.15, 0.2) is 0 Å². The van der Waals surface area contributed by atoms with Crippen LogP contribution in [0.5, 0.6) is 0 Å². The van der Waals surface area contributed by atoms with Crippen LogP contribution in [0.25, 0.3) is 11.4 Å². The standard InChI is InChI=1S/C16H14FN5O/c17-13-6-1-11(2-7-13)3-10-15(23)18-14-8-4-12(5-9-14)16-19-21-22-20-16/h1-2,4-9H,3,10H2,(H,18,23)(H,19,20,21,22). The molecule has 0 atom stereocenters. The zero-order valence-electron chi connectivity index (χ0n) is 12.2. The third kappa shape index (κ3) is 3.97. The number of rotatable bonds is 5. The fourth-order valence-electron chi connectivity index (χ4n) is 2.12. The lowest BCUT2D eigenvalue weighted by Crippen LogP contribution is -2.12. The van der Waals surface area contributed by atoms with Crippen LogP contribution < -0.4 is 5.32 Å². The maximum Gasteiger partial charge on any atom is 0.224 e. The van der Waals surface area contributed by atoms with Crippen molar-refractivity contribution in [3.8, 4) is 11.4 Å². The average Bonchev–Trinajstić information content (AvgIpc) is 3.09. The number of aromatic nitrogens is 4. The number of benzene rings is 2. The highest BCUT2D eigenvalue weighted by molar-refractivity contribution is 5.91. The minimum atomic E-state index is -0.278. The number of carbonyl (C=O) groups excluding carboxylic acids is 1. The number of tetrazole rings is 1. The number of carbonyl (C=O) groups is 1. The Morgan fingerprint density at radius 1 is 1.09 bits per heavy atom. The van der Waals surface area contributed by atoms with Gasteiger partial charge in [0.05, 0.1) is 0 Å². The third-order valence-corrected chi connectivity index (χ3v) is 3.33. The Kier molecular flexibility index (Phi) is 4.37. The minimum absolute atomic E-state index is 0.0957. The van der Waals surface area contributed by atoms with Gasteiger partial charge in [0.25, 0.3) is 0 Å². The molecule has 0 unspecified atom stereocenters. The van der Waals surface area contributed by atoms with Crippen LogP contribution in [0, 0.1) is 5.82 Å². The summed E-state index contributed by atoms with van der Waals surface area (Å²) in [6.45, 7) is 0. The van der Waals surface area contributed by atoms with Gasteiger partial charge in [0, 0.05) is 17.7 Å². The molecule has 116 valence electrons. The molecule has 0 fully saturated rings. The molecule has 0 aliphatic rings. The van der Waals surface area contributed by atoms with Crippen molar-refractivity contribution < 1.29 is 9.18 Å². The average molecular weight is 311 g/mol. The molecule has 1 aromatic heterocycles. The normalized spacial score (nSPS) is 10.5. The summed E-state index contributed by atoms with van der Waals surface area (Å²) in [4.78, 5) is 11.9. The van der Waals surface area contributed by atoms with Crippen molar-refractivity contribution >= 4 is 11.6 Å². The zero-order valence-corrected chi connectivity index (χ0v) is 12.2. The van der Waals surface area contributed by atoms with E-state index >= 15 is 0 Å². The van der Waals surface area contributed by atoms with Crippen LogP contribution in [-0.4, -0.2) is 26.5 Å². The summed E-state index contributed by atoms with van der Waals surface area (Å²) in [5, 5.41) is 16.5. The number of anilines is 1. The maximum atomic E-state index is 12.8. The van der Waals surface area contributed by atoms with Gasteiger partial charge < -0.3 is 5.32 Å². The molecule has 3 rings (SSSR count). The fourth-order valence-corrected chi connectivity index (χ4v) is 2.12. The van der Waals surface area contributed by atoms with Crippen LogP contribution in [0.3, 0.4) is 0 Å². The second-order valence-electron chi connectivity index (χ2n) is 4.99. The van der Waals surface area contributed by atoms with Gasteiger partial charge in [-0.15, -0.1) is 10.2 Å². The number of hydrogen-bond acceptors (Lipinski definition) is 4. The first-order chi connectivity index (χ1) is 11.2. The van der Waals surface area contributed by atoms with Crippen molar-refractivity contribution in [2.24, 2.45) is 0 Å². The van der Waals surface area contributed by atoms with E-state index in [1.54, 1.807) is 36.4 Å². The lowest BCUT2D eigenvalue weighted by molar-refractivity contribution is -0.116. The Bertz CT molecular complexity index is 769. The molecule has 6 nitrogen and oxygen atoms in total. The molecule has 0 saturated carbocycles. The Hall–Kier alpha value is -3.09. The molecule has 0 aliphatic heterocycles. The summed E-state index contributed by atoms with van der Waals surface area (Å²) in [7, 11) is 0. The van der Waals surface area contributed by atoms with E-state index in [-0.39, 0.29) is 11.7 Å². The number of aryl methyl sites for hydroxylation is 1. The minimum Gasteiger partial charge on any atom is -0.326 e. The topological polar surface area (TPSA) is 83.6 Å².